The number of aromatic nitrogens is 2. The van der Waals surface area contributed by atoms with Crippen molar-refractivity contribution in [1.29, 1.82) is 0 Å². The van der Waals surface area contributed by atoms with Crippen LogP contribution in [0.25, 0.3) is 5.69 Å². The Labute approximate surface area is 157 Å². The second kappa shape index (κ2) is 7.74. The van der Waals surface area contributed by atoms with Gasteiger partial charge in [-0.1, -0.05) is 18.2 Å². The van der Waals surface area contributed by atoms with E-state index in [1.54, 1.807) is 24.3 Å². The van der Waals surface area contributed by atoms with Gasteiger partial charge in [0.05, 0.1) is 11.4 Å². The predicted molar refractivity (Wildman–Crippen MR) is 104 cm³/mol. The number of benzene rings is 2. The van der Waals surface area contributed by atoms with Crippen molar-refractivity contribution in [2.24, 2.45) is 5.73 Å². The number of urea groups is 1. The molecule has 3 rings (SSSR count). The van der Waals surface area contributed by atoms with Gasteiger partial charge >= 0.3 is 6.03 Å². The molecule has 0 fully saturated rings. The van der Waals surface area contributed by atoms with E-state index < -0.39 is 6.03 Å². The van der Waals surface area contributed by atoms with Gasteiger partial charge in [-0.3, -0.25) is 4.79 Å². The van der Waals surface area contributed by atoms with Gasteiger partial charge in [-0.05, 0) is 50.2 Å². The molecular formula is C20H21N5O2. The monoisotopic (exact) mass is 363 g/mol. The lowest BCUT2D eigenvalue weighted by Crippen LogP contribution is -2.23. The maximum absolute atomic E-state index is 12.4. The van der Waals surface area contributed by atoms with Crippen LogP contribution in [0.5, 0.6) is 0 Å². The third-order valence-corrected chi connectivity index (χ3v) is 4.28. The van der Waals surface area contributed by atoms with Gasteiger partial charge in [0.15, 0.2) is 0 Å². The Morgan fingerprint density at radius 3 is 2.33 bits per heavy atom. The Kier molecular flexibility index (Phi) is 5.21. The number of para-hydroxylation sites is 1. The quantitative estimate of drug-likeness (QED) is 0.649. The average Bonchev–Trinajstić information content (AvgIpc) is 2.94. The lowest BCUT2D eigenvalue weighted by atomic mass is 10.1. The summed E-state index contributed by atoms with van der Waals surface area (Å²) in [5.41, 5.74) is 9.93. The first kappa shape index (κ1) is 18.2. The maximum atomic E-state index is 12.4. The molecule has 138 valence electrons. The molecule has 2 aromatic carbocycles. The van der Waals surface area contributed by atoms with Crippen LogP contribution in [0, 0.1) is 13.8 Å². The van der Waals surface area contributed by atoms with Crippen LogP contribution in [-0.2, 0) is 6.54 Å². The minimum Gasteiger partial charge on any atom is -0.351 e. The number of amides is 3. The minimum atomic E-state index is -0.645. The van der Waals surface area contributed by atoms with E-state index in [0.29, 0.717) is 17.8 Å². The van der Waals surface area contributed by atoms with Gasteiger partial charge in [-0.2, -0.15) is 5.10 Å². The molecule has 0 aliphatic carbocycles. The molecule has 0 aliphatic heterocycles. The van der Waals surface area contributed by atoms with Gasteiger partial charge < -0.3 is 16.4 Å². The SMILES string of the molecule is Cc1nn(-c2ccccc2)c(C)c1CNC(=O)c1ccc(NC(N)=O)cc1. The van der Waals surface area contributed by atoms with Crippen molar-refractivity contribution >= 4 is 17.6 Å². The highest BCUT2D eigenvalue weighted by atomic mass is 16.2. The number of nitrogens with two attached hydrogens (primary N) is 1. The predicted octanol–water partition coefficient (Wildman–Crippen LogP) is 2.91. The molecule has 0 saturated heterocycles. The van der Waals surface area contributed by atoms with Crippen molar-refractivity contribution in [3.8, 4) is 5.69 Å². The van der Waals surface area contributed by atoms with Crippen LogP contribution >= 0.6 is 0 Å². The molecule has 0 radical (unpaired) electrons. The fourth-order valence-electron chi connectivity index (χ4n) is 2.87. The fraction of sp³-hybridized carbons (Fsp3) is 0.150. The summed E-state index contributed by atoms with van der Waals surface area (Å²) in [5, 5.41) is 9.96. The Morgan fingerprint density at radius 1 is 1.04 bits per heavy atom. The van der Waals surface area contributed by atoms with Crippen molar-refractivity contribution in [1.82, 2.24) is 15.1 Å². The molecule has 0 bridgehead atoms. The van der Waals surface area contributed by atoms with Crippen LogP contribution in [-0.4, -0.2) is 21.7 Å². The summed E-state index contributed by atoms with van der Waals surface area (Å²) in [6.45, 7) is 4.29. The van der Waals surface area contributed by atoms with Crippen molar-refractivity contribution in [2.45, 2.75) is 20.4 Å². The zero-order chi connectivity index (χ0) is 19.4. The van der Waals surface area contributed by atoms with Crippen LogP contribution in [0.2, 0.25) is 0 Å². The molecule has 0 aliphatic rings. The third-order valence-electron chi connectivity index (χ3n) is 4.28. The van der Waals surface area contributed by atoms with E-state index in [1.807, 2.05) is 48.9 Å². The zero-order valence-electron chi connectivity index (χ0n) is 15.2. The van der Waals surface area contributed by atoms with E-state index >= 15 is 0 Å². The molecule has 0 spiro atoms. The second-order valence-electron chi connectivity index (χ2n) is 6.15. The lowest BCUT2D eigenvalue weighted by Gasteiger charge is -2.08. The van der Waals surface area contributed by atoms with Gasteiger partial charge in [0.25, 0.3) is 5.91 Å². The summed E-state index contributed by atoms with van der Waals surface area (Å²) in [4.78, 5) is 23.2. The third kappa shape index (κ3) is 4.14. The Bertz CT molecular complexity index is 962. The number of aryl methyl sites for hydroxylation is 1. The number of rotatable bonds is 5. The molecule has 3 amide bonds. The smallest absolute Gasteiger partial charge is 0.316 e. The number of hydrogen-bond donors (Lipinski definition) is 3. The number of nitrogens with one attached hydrogen (secondary N) is 2. The normalized spacial score (nSPS) is 10.4. The first-order chi connectivity index (χ1) is 13.0. The summed E-state index contributed by atoms with van der Waals surface area (Å²) in [7, 11) is 0. The van der Waals surface area contributed by atoms with Crippen LogP contribution < -0.4 is 16.4 Å². The highest BCUT2D eigenvalue weighted by molar-refractivity contribution is 5.95. The van der Waals surface area contributed by atoms with E-state index in [0.717, 1.165) is 22.6 Å². The van der Waals surface area contributed by atoms with Crippen LogP contribution in [0.4, 0.5) is 10.5 Å². The number of carbonyl (C=O) groups excluding carboxylic acids is 2. The summed E-state index contributed by atoms with van der Waals surface area (Å²) in [5.74, 6) is -0.202. The van der Waals surface area contributed by atoms with Crippen molar-refractivity contribution in [2.75, 3.05) is 5.32 Å². The topological polar surface area (TPSA) is 102 Å². The first-order valence-corrected chi connectivity index (χ1v) is 8.51. The fourth-order valence-corrected chi connectivity index (χ4v) is 2.87. The Balaban J connectivity index is 1.70. The largest absolute Gasteiger partial charge is 0.351 e. The van der Waals surface area contributed by atoms with Gasteiger partial charge in [0, 0.05) is 29.1 Å². The van der Waals surface area contributed by atoms with Gasteiger partial charge in [0.2, 0.25) is 0 Å². The molecule has 3 aromatic rings. The van der Waals surface area contributed by atoms with E-state index in [4.69, 9.17) is 5.73 Å². The zero-order valence-corrected chi connectivity index (χ0v) is 15.2. The van der Waals surface area contributed by atoms with Gasteiger partial charge in [0.1, 0.15) is 0 Å². The summed E-state index contributed by atoms with van der Waals surface area (Å²) in [6.07, 6.45) is 0. The number of primary amides is 1. The van der Waals surface area contributed by atoms with Crippen molar-refractivity contribution < 1.29 is 9.59 Å². The standard InChI is InChI=1S/C20H21N5O2/c1-13-18(14(2)25(24-13)17-6-4-3-5-7-17)12-22-19(26)15-8-10-16(11-9-15)23-20(21)27/h3-11H,12H2,1-2H3,(H,22,26)(H3,21,23,27). The minimum absolute atomic E-state index is 0.202. The summed E-state index contributed by atoms with van der Waals surface area (Å²) in [6, 6.07) is 15.7. The molecule has 7 heteroatoms. The maximum Gasteiger partial charge on any atom is 0.316 e. The molecule has 7 nitrogen and oxygen atoms in total. The van der Waals surface area contributed by atoms with E-state index in [2.05, 4.69) is 15.7 Å². The number of nitrogens with zero attached hydrogens (tertiary/aromatic N) is 2. The Morgan fingerprint density at radius 2 is 1.70 bits per heavy atom. The number of anilines is 1. The highest BCUT2D eigenvalue weighted by Gasteiger charge is 2.14. The second-order valence-corrected chi connectivity index (χ2v) is 6.15. The molecule has 0 unspecified atom stereocenters. The molecule has 1 heterocycles. The van der Waals surface area contributed by atoms with Gasteiger partial charge in [-0.15, -0.1) is 0 Å². The average molecular weight is 363 g/mol. The highest BCUT2D eigenvalue weighted by Crippen LogP contribution is 2.18. The summed E-state index contributed by atoms with van der Waals surface area (Å²) >= 11 is 0. The molecule has 4 N–H and O–H groups in total. The number of hydrogen-bond acceptors (Lipinski definition) is 3. The molecule has 0 saturated carbocycles. The van der Waals surface area contributed by atoms with Crippen LogP contribution in [0.1, 0.15) is 27.3 Å². The molecule has 1 aromatic heterocycles. The van der Waals surface area contributed by atoms with Crippen molar-refractivity contribution in [3.05, 3.63) is 77.1 Å². The first-order valence-electron chi connectivity index (χ1n) is 8.51. The van der Waals surface area contributed by atoms with Crippen LogP contribution in [0.3, 0.4) is 0 Å². The number of carbonyl (C=O) groups is 2. The van der Waals surface area contributed by atoms with E-state index in [-0.39, 0.29) is 5.91 Å². The van der Waals surface area contributed by atoms with E-state index in [1.165, 1.54) is 0 Å². The van der Waals surface area contributed by atoms with E-state index in [9.17, 15) is 9.59 Å². The Hall–Kier alpha value is -3.61. The van der Waals surface area contributed by atoms with Crippen molar-refractivity contribution in [3.63, 3.8) is 0 Å². The molecule has 27 heavy (non-hydrogen) atoms. The molecular weight excluding hydrogens is 342 g/mol. The lowest BCUT2D eigenvalue weighted by molar-refractivity contribution is 0.0951. The van der Waals surface area contributed by atoms with Gasteiger partial charge in [-0.25, -0.2) is 9.48 Å². The summed E-state index contributed by atoms with van der Waals surface area (Å²) < 4.78 is 1.88. The van der Waals surface area contributed by atoms with Crippen LogP contribution in [0.15, 0.2) is 54.6 Å². The molecule has 0 atom stereocenters.